The number of carbonyl (C=O) groups excluding carboxylic acids is 1. The second-order valence-electron chi connectivity index (χ2n) is 7.77. The minimum atomic E-state index is -0.498. The largest absolute Gasteiger partial charge is 0.453 e. The van der Waals surface area contributed by atoms with E-state index in [0.29, 0.717) is 5.02 Å². The van der Waals surface area contributed by atoms with Crippen LogP contribution in [0, 0.1) is 5.92 Å². The lowest BCUT2D eigenvalue weighted by Gasteiger charge is -2.23. The average molecular weight is 419 g/mol. The molecule has 0 radical (unpaired) electrons. The Kier molecular flexibility index (Phi) is 7.48. The van der Waals surface area contributed by atoms with Gasteiger partial charge >= 0.3 is 5.97 Å². The second-order valence-corrected chi connectivity index (χ2v) is 8.21. The highest BCUT2D eigenvalue weighted by Gasteiger charge is 2.28. The molecule has 0 fully saturated rings. The summed E-state index contributed by atoms with van der Waals surface area (Å²) >= 11 is 6.01. The average Bonchev–Trinajstić information content (AvgIpc) is 2.74. The number of esters is 1. The zero-order valence-electron chi connectivity index (χ0n) is 17.4. The van der Waals surface area contributed by atoms with E-state index in [1.54, 1.807) is 18.2 Å². The molecule has 0 N–H and O–H groups in total. The Bertz CT molecular complexity index is 977. The van der Waals surface area contributed by atoms with Crippen molar-refractivity contribution in [1.29, 1.82) is 0 Å². The first-order valence-electron chi connectivity index (χ1n) is 10.2. The van der Waals surface area contributed by atoms with Gasteiger partial charge in [0.1, 0.15) is 6.10 Å². The summed E-state index contributed by atoms with van der Waals surface area (Å²) in [5.74, 6) is -0.531. The SMILES string of the molecule is C=CC(OC(=O)C(c1ccc(Cl)cc1)C(C)C)c1cccc(Cc2ccccc2)c1. The summed E-state index contributed by atoms with van der Waals surface area (Å²) < 4.78 is 5.91. The van der Waals surface area contributed by atoms with Crippen LogP contribution in [0.15, 0.2) is 91.5 Å². The Morgan fingerprint density at radius 2 is 1.60 bits per heavy atom. The molecule has 3 heteroatoms. The number of hydrogen-bond donors (Lipinski definition) is 0. The fourth-order valence-corrected chi connectivity index (χ4v) is 3.75. The van der Waals surface area contributed by atoms with E-state index in [0.717, 1.165) is 17.5 Å². The summed E-state index contributed by atoms with van der Waals surface area (Å²) in [5.41, 5.74) is 4.23. The zero-order chi connectivity index (χ0) is 21.5. The maximum absolute atomic E-state index is 13.1. The molecule has 0 aliphatic heterocycles. The Hall–Kier alpha value is -2.84. The topological polar surface area (TPSA) is 26.3 Å². The van der Waals surface area contributed by atoms with Crippen LogP contribution in [0.1, 0.15) is 48.1 Å². The number of rotatable bonds is 8. The smallest absolute Gasteiger partial charge is 0.314 e. The second kappa shape index (κ2) is 10.3. The van der Waals surface area contributed by atoms with Crippen LogP contribution in [0.25, 0.3) is 0 Å². The molecule has 2 atom stereocenters. The molecule has 3 rings (SSSR count). The van der Waals surface area contributed by atoms with Gasteiger partial charge in [-0.25, -0.2) is 0 Å². The van der Waals surface area contributed by atoms with Crippen LogP contribution in [0.5, 0.6) is 0 Å². The van der Waals surface area contributed by atoms with Crippen LogP contribution in [0.2, 0.25) is 5.02 Å². The van der Waals surface area contributed by atoms with Crippen molar-refractivity contribution in [2.24, 2.45) is 5.92 Å². The van der Waals surface area contributed by atoms with E-state index < -0.39 is 6.10 Å². The van der Waals surface area contributed by atoms with Crippen molar-refractivity contribution >= 4 is 17.6 Å². The number of benzene rings is 3. The lowest BCUT2D eigenvalue weighted by molar-refractivity contribution is -0.150. The monoisotopic (exact) mass is 418 g/mol. The van der Waals surface area contributed by atoms with Gasteiger partial charge in [0.25, 0.3) is 0 Å². The fourth-order valence-electron chi connectivity index (χ4n) is 3.63. The van der Waals surface area contributed by atoms with E-state index >= 15 is 0 Å². The maximum Gasteiger partial charge on any atom is 0.314 e. The van der Waals surface area contributed by atoms with Gasteiger partial charge in [-0.05, 0) is 52.8 Å². The summed E-state index contributed by atoms with van der Waals surface area (Å²) in [6, 6.07) is 25.8. The van der Waals surface area contributed by atoms with Crippen molar-refractivity contribution in [3.63, 3.8) is 0 Å². The van der Waals surface area contributed by atoms with Crippen molar-refractivity contribution in [2.45, 2.75) is 32.3 Å². The lowest BCUT2D eigenvalue weighted by Crippen LogP contribution is -2.22. The molecular formula is C27H27ClO2. The van der Waals surface area contributed by atoms with E-state index in [4.69, 9.17) is 16.3 Å². The predicted octanol–water partition coefficient (Wildman–Crippen LogP) is 7.14. The number of ether oxygens (including phenoxy) is 1. The molecule has 30 heavy (non-hydrogen) atoms. The molecular weight excluding hydrogens is 392 g/mol. The van der Waals surface area contributed by atoms with Crippen LogP contribution in [-0.2, 0) is 16.0 Å². The molecule has 0 aliphatic carbocycles. The first-order chi connectivity index (χ1) is 14.5. The van der Waals surface area contributed by atoms with Crippen LogP contribution in [0.4, 0.5) is 0 Å². The standard InChI is InChI=1S/C27H27ClO2/c1-4-25(23-12-8-11-21(18-23)17-20-9-6-5-7-10-20)30-27(29)26(19(2)3)22-13-15-24(28)16-14-22/h4-16,18-19,25-26H,1,17H2,2-3H3. The first-order valence-corrected chi connectivity index (χ1v) is 10.6. The molecule has 0 aromatic heterocycles. The Morgan fingerprint density at radius 1 is 0.933 bits per heavy atom. The summed E-state index contributed by atoms with van der Waals surface area (Å²) in [6.45, 7) is 7.93. The molecule has 3 aromatic carbocycles. The number of carbonyl (C=O) groups is 1. The third-order valence-electron chi connectivity index (χ3n) is 5.14. The van der Waals surface area contributed by atoms with Crippen LogP contribution >= 0.6 is 11.6 Å². The summed E-state index contributed by atoms with van der Waals surface area (Å²) in [5, 5.41) is 0.647. The van der Waals surface area contributed by atoms with E-state index in [9.17, 15) is 4.79 Å². The zero-order valence-corrected chi connectivity index (χ0v) is 18.2. The van der Waals surface area contributed by atoms with Gasteiger partial charge in [-0.15, -0.1) is 0 Å². The van der Waals surface area contributed by atoms with Gasteiger partial charge < -0.3 is 4.74 Å². The van der Waals surface area contributed by atoms with Gasteiger partial charge in [0.15, 0.2) is 0 Å². The minimum absolute atomic E-state index is 0.0913. The van der Waals surface area contributed by atoms with Gasteiger partial charge in [-0.1, -0.05) is 98.8 Å². The normalized spacial score (nSPS) is 12.9. The van der Waals surface area contributed by atoms with E-state index in [2.05, 4.69) is 30.8 Å². The Morgan fingerprint density at radius 3 is 2.23 bits per heavy atom. The first kappa shape index (κ1) is 21.9. The molecule has 0 saturated carbocycles. The quantitative estimate of drug-likeness (QED) is 0.287. The van der Waals surface area contributed by atoms with Crippen molar-refractivity contribution in [1.82, 2.24) is 0 Å². The van der Waals surface area contributed by atoms with Crippen LogP contribution < -0.4 is 0 Å². The molecule has 2 nitrogen and oxygen atoms in total. The van der Waals surface area contributed by atoms with Gasteiger partial charge in [0, 0.05) is 5.02 Å². The molecule has 0 heterocycles. The summed E-state index contributed by atoms with van der Waals surface area (Å²) in [7, 11) is 0. The molecule has 0 saturated heterocycles. The molecule has 0 amide bonds. The molecule has 0 aliphatic rings. The van der Waals surface area contributed by atoms with E-state index in [-0.39, 0.29) is 17.8 Å². The summed E-state index contributed by atoms with van der Waals surface area (Å²) in [4.78, 5) is 13.1. The van der Waals surface area contributed by atoms with Crippen molar-refractivity contribution in [2.75, 3.05) is 0 Å². The number of halogens is 1. The van der Waals surface area contributed by atoms with Crippen molar-refractivity contribution in [3.8, 4) is 0 Å². The number of hydrogen-bond acceptors (Lipinski definition) is 2. The fraction of sp³-hybridized carbons (Fsp3) is 0.222. The van der Waals surface area contributed by atoms with E-state index in [1.165, 1.54) is 11.1 Å². The highest BCUT2D eigenvalue weighted by Crippen LogP contribution is 2.30. The van der Waals surface area contributed by atoms with Crippen molar-refractivity contribution in [3.05, 3.63) is 119 Å². The summed E-state index contributed by atoms with van der Waals surface area (Å²) in [6.07, 6.45) is 2.01. The molecule has 3 aromatic rings. The van der Waals surface area contributed by atoms with Gasteiger partial charge in [0.05, 0.1) is 5.92 Å². The molecule has 2 unspecified atom stereocenters. The Balaban J connectivity index is 1.78. The van der Waals surface area contributed by atoms with Crippen LogP contribution in [-0.4, -0.2) is 5.97 Å². The Labute approximate surface area is 184 Å². The third-order valence-corrected chi connectivity index (χ3v) is 5.39. The van der Waals surface area contributed by atoms with Gasteiger partial charge in [-0.2, -0.15) is 0 Å². The van der Waals surface area contributed by atoms with Crippen molar-refractivity contribution < 1.29 is 9.53 Å². The highest BCUT2D eigenvalue weighted by molar-refractivity contribution is 6.30. The lowest BCUT2D eigenvalue weighted by atomic mass is 9.88. The van der Waals surface area contributed by atoms with Gasteiger partial charge in [0.2, 0.25) is 0 Å². The van der Waals surface area contributed by atoms with Crippen LogP contribution in [0.3, 0.4) is 0 Å². The molecule has 0 bridgehead atoms. The maximum atomic E-state index is 13.1. The third kappa shape index (κ3) is 5.61. The highest BCUT2D eigenvalue weighted by atomic mass is 35.5. The molecule has 154 valence electrons. The van der Waals surface area contributed by atoms with Gasteiger partial charge in [-0.3, -0.25) is 4.79 Å². The molecule has 0 spiro atoms. The van der Waals surface area contributed by atoms with E-state index in [1.807, 2.05) is 56.3 Å². The minimum Gasteiger partial charge on any atom is -0.453 e. The predicted molar refractivity (Wildman–Crippen MR) is 124 cm³/mol.